The maximum Gasteiger partial charge on any atom is 0.234 e. The van der Waals surface area contributed by atoms with Crippen LogP contribution in [0, 0.1) is 11.8 Å². The summed E-state index contributed by atoms with van der Waals surface area (Å²) in [4.78, 5) is 25.8. The molecule has 3 rings (SSSR count). The summed E-state index contributed by atoms with van der Waals surface area (Å²) in [5, 5.41) is 3.17. The molecule has 142 valence electrons. The first-order chi connectivity index (χ1) is 12.6. The highest BCUT2D eigenvalue weighted by Crippen LogP contribution is 2.36. The van der Waals surface area contributed by atoms with Gasteiger partial charge in [-0.15, -0.1) is 0 Å². The van der Waals surface area contributed by atoms with Crippen LogP contribution in [-0.4, -0.2) is 42.9 Å². The molecule has 3 N–H and O–H groups in total. The number of primary amides is 1. The second kappa shape index (κ2) is 9.17. The molecule has 1 aromatic rings. The van der Waals surface area contributed by atoms with Crippen molar-refractivity contribution in [3.63, 3.8) is 0 Å². The predicted octanol–water partition coefficient (Wildman–Crippen LogP) is 2.27. The molecule has 1 heterocycles. The summed E-state index contributed by atoms with van der Waals surface area (Å²) >= 11 is 0. The maximum absolute atomic E-state index is 12.4. The molecular formula is C21H31N3O2. The zero-order valence-corrected chi connectivity index (χ0v) is 15.5. The number of piperidine rings is 1. The molecule has 1 aliphatic heterocycles. The van der Waals surface area contributed by atoms with E-state index in [1.165, 1.54) is 31.2 Å². The van der Waals surface area contributed by atoms with Gasteiger partial charge in [0.05, 0.1) is 6.54 Å². The minimum absolute atomic E-state index is 0.0286. The van der Waals surface area contributed by atoms with Crippen molar-refractivity contribution in [2.75, 3.05) is 26.2 Å². The third-order valence-corrected chi connectivity index (χ3v) is 6.07. The molecule has 1 aromatic carbocycles. The topological polar surface area (TPSA) is 75.4 Å². The summed E-state index contributed by atoms with van der Waals surface area (Å²) in [6, 6.07) is 10.6. The zero-order valence-electron chi connectivity index (χ0n) is 15.5. The van der Waals surface area contributed by atoms with Gasteiger partial charge in [0.1, 0.15) is 0 Å². The fraction of sp³-hybridized carbons (Fsp3) is 0.619. The molecule has 0 unspecified atom stereocenters. The minimum atomic E-state index is -0.212. The molecule has 5 heteroatoms. The summed E-state index contributed by atoms with van der Waals surface area (Å²) < 4.78 is 0. The Labute approximate surface area is 156 Å². The lowest BCUT2D eigenvalue weighted by Crippen LogP contribution is -2.44. The van der Waals surface area contributed by atoms with Gasteiger partial charge in [-0.3, -0.25) is 14.5 Å². The van der Waals surface area contributed by atoms with Crippen molar-refractivity contribution in [1.29, 1.82) is 0 Å². The lowest BCUT2D eigenvalue weighted by Gasteiger charge is -2.30. The Hall–Kier alpha value is -1.88. The molecule has 0 radical (unpaired) electrons. The molecule has 1 aliphatic carbocycles. The second-order valence-electron chi connectivity index (χ2n) is 7.82. The lowest BCUT2D eigenvalue weighted by atomic mass is 9.85. The number of rotatable bonds is 7. The van der Waals surface area contributed by atoms with Crippen LogP contribution in [-0.2, 0) is 9.59 Å². The Morgan fingerprint density at radius 3 is 2.35 bits per heavy atom. The molecule has 2 aliphatic rings. The summed E-state index contributed by atoms with van der Waals surface area (Å²) in [6.45, 7) is 2.67. The standard InChI is InChI=1S/C21H31N3O2/c22-21(26)18-10-12-24(13-11-18)15-20(25)23-14-19(17-8-4-5-9-17)16-6-2-1-3-7-16/h1-3,6-7,17-19H,4-5,8-15H2,(H2,22,26)(H,23,25)/t19-/m0/s1. The first kappa shape index (κ1) is 18.9. The summed E-state index contributed by atoms with van der Waals surface area (Å²) in [5.41, 5.74) is 6.71. The SMILES string of the molecule is NC(=O)C1CCN(CC(=O)NC[C@@H](c2ccccc2)C2CCCC2)CC1. The van der Waals surface area contributed by atoms with Gasteiger partial charge < -0.3 is 11.1 Å². The number of amides is 2. The van der Waals surface area contributed by atoms with Crippen LogP contribution in [0.3, 0.4) is 0 Å². The Morgan fingerprint density at radius 1 is 1.08 bits per heavy atom. The minimum Gasteiger partial charge on any atom is -0.369 e. The monoisotopic (exact) mass is 357 g/mol. The third-order valence-electron chi connectivity index (χ3n) is 6.07. The first-order valence-electron chi connectivity index (χ1n) is 9.97. The first-order valence-corrected chi connectivity index (χ1v) is 9.97. The van der Waals surface area contributed by atoms with Crippen LogP contribution in [0.5, 0.6) is 0 Å². The van der Waals surface area contributed by atoms with Crippen molar-refractivity contribution >= 4 is 11.8 Å². The molecule has 26 heavy (non-hydrogen) atoms. The van der Waals surface area contributed by atoms with E-state index in [0.717, 1.165) is 25.9 Å². The van der Waals surface area contributed by atoms with Crippen molar-refractivity contribution in [2.45, 2.75) is 44.4 Å². The average molecular weight is 357 g/mol. The molecular weight excluding hydrogens is 326 g/mol. The van der Waals surface area contributed by atoms with Crippen LogP contribution >= 0.6 is 0 Å². The highest BCUT2D eigenvalue weighted by molar-refractivity contribution is 5.78. The van der Waals surface area contributed by atoms with E-state index in [0.29, 0.717) is 24.9 Å². The van der Waals surface area contributed by atoms with E-state index in [2.05, 4.69) is 34.5 Å². The van der Waals surface area contributed by atoms with E-state index in [-0.39, 0.29) is 17.7 Å². The Balaban J connectivity index is 1.49. The predicted molar refractivity (Wildman–Crippen MR) is 103 cm³/mol. The van der Waals surface area contributed by atoms with E-state index in [1.54, 1.807) is 0 Å². The number of nitrogens with two attached hydrogens (primary N) is 1. The number of nitrogens with one attached hydrogen (secondary N) is 1. The normalized spacial score (nSPS) is 20.8. The smallest absolute Gasteiger partial charge is 0.234 e. The molecule has 1 saturated heterocycles. The summed E-state index contributed by atoms with van der Waals surface area (Å²) in [6.07, 6.45) is 6.65. The van der Waals surface area contributed by atoms with Gasteiger partial charge in [0.15, 0.2) is 0 Å². The molecule has 1 atom stereocenters. The van der Waals surface area contributed by atoms with Gasteiger partial charge in [-0.1, -0.05) is 43.2 Å². The largest absolute Gasteiger partial charge is 0.369 e. The van der Waals surface area contributed by atoms with Crippen molar-refractivity contribution < 1.29 is 9.59 Å². The molecule has 5 nitrogen and oxygen atoms in total. The number of carbonyl (C=O) groups excluding carboxylic acids is 2. The van der Waals surface area contributed by atoms with Crippen molar-refractivity contribution in [1.82, 2.24) is 10.2 Å². The van der Waals surface area contributed by atoms with Gasteiger partial charge in [-0.2, -0.15) is 0 Å². The Bertz CT molecular complexity index is 591. The van der Waals surface area contributed by atoms with E-state index >= 15 is 0 Å². The van der Waals surface area contributed by atoms with Crippen LogP contribution in [0.15, 0.2) is 30.3 Å². The molecule has 0 spiro atoms. The number of benzene rings is 1. The fourth-order valence-electron chi connectivity index (χ4n) is 4.48. The van der Waals surface area contributed by atoms with Gasteiger partial charge in [0, 0.05) is 18.4 Å². The number of carbonyl (C=O) groups is 2. The number of hydrogen-bond acceptors (Lipinski definition) is 3. The van der Waals surface area contributed by atoms with Crippen LogP contribution in [0.2, 0.25) is 0 Å². The van der Waals surface area contributed by atoms with Crippen LogP contribution in [0.4, 0.5) is 0 Å². The van der Waals surface area contributed by atoms with Gasteiger partial charge in [0.2, 0.25) is 11.8 Å². The maximum atomic E-state index is 12.4. The fourth-order valence-corrected chi connectivity index (χ4v) is 4.48. The van der Waals surface area contributed by atoms with Crippen molar-refractivity contribution in [2.24, 2.45) is 17.6 Å². The summed E-state index contributed by atoms with van der Waals surface area (Å²) in [7, 11) is 0. The van der Waals surface area contributed by atoms with Gasteiger partial charge >= 0.3 is 0 Å². The van der Waals surface area contributed by atoms with E-state index < -0.39 is 0 Å². The highest BCUT2D eigenvalue weighted by Gasteiger charge is 2.27. The number of hydrogen-bond donors (Lipinski definition) is 2. The lowest BCUT2D eigenvalue weighted by molar-refractivity contribution is -0.124. The van der Waals surface area contributed by atoms with Gasteiger partial charge in [0.25, 0.3) is 0 Å². The molecule has 2 fully saturated rings. The Kier molecular flexibility index (Phi) is 6.67. The number of nitrogens with zero attached hydrogens (tertiary/aromatic N) is 1. The Morgan fingerprint density at radius 2 is 1.73 bits per heavy atom. The summed E-state index contributed by atoms with van der Waals surface area (Å²) in [5.74, 6) is 0.921. The molecule has 0 bridgehead atoms. The molecule has 0 aromatic heterocycles. The van der Waals surface area contributed by atoms with E-state index in [1.807, 2.05) is 6.07 Å². The van der Waals surface area contributed by atoms with Gasteiger partial charge in [-0.25, -0.2) is 0 Å². The average Bonchev–Trinajstić information content (AvgIpc) is 3.17. The third kappa shape index (κ3) is 5.07. The van der Waals surface area contributed by atoms with E-state index in [9.17, 15) is 9.59 Å². The van der Waals surface area contributed by atoms with Crippen LogP contribution in [0.25, 0.3) is 0 Å². The molecule has 2 amide bonds. The van der Waals surface area contributed by atoms with Crippen molar-refractivity contribution in [3.8, 4) is 0 Å². The molecule has 1 saturated carbocycles. The highest BCUT2D eigenvalue weighted by atomic mass is 16.2. The van der Waals surface area contributed by atoms with Crippen LogP contribution in [0.1, 0.15) is 50.0 Å². The van der Waals surface area contributed by atoms with Gasteiger partial charge in [-0.05, 0) is 50.3 Å². The quantitative estimate of drug-likeness (QED) is 0.786. The zero-order chi connectivity index (χ0) is 18.4. The number of likely N-dealkylation sites (tertiary alicyclic amines) is 1. The second-order valence-corrected chi connectivity index (χ2v) is 7.82. The van der Waals surface area contributed by atoms with Crippen molar-refractivity contribution in [3.05, 3.63) is 35.9 Å². The van der Waals surface area contributed by atoms with Crippen LogP contribution < -0.4 is 11.1 Å². The van der Waals surface area contributed by atoms with E-state index in [4.69, 9.17) is 5.73 Å².